The number of nitrogens with zero attached hydrogens (tertiary/aromatic N) is 3. The highest BCUT2D eigenvalue weighted by molar-refractivity contribution is 5.90. The molecule has 1 amide bonds. The van der Waals surface area contributed by atoms with E-state index in [-0.39, 0.29) is 0 Å². The van der Waals surface area contributed by atoms with E-state index >= 15 is 0 Å². The molecule has 0 saturated heterocycles. The summed E-state index contributed by atoms with van der Waals surface area (Å²) in [6, 6.07) is 6.46. The van der Waals surface area contributed by atoms with Crippen molar-refractivity contribution in [2.75, 3.05) is 0 Å². The number of carbonyl (C=O) groups excluding carboxylic acids is 1. The summed E-state index contributed by atoms with van der Waals surface area (Å²) in [6.45, 7) is 0. The average Bonchev–Trinajstić information content (AvgIpc) is 2.43. The minimum absolute atomic E-state index is 0.357. The smallest absolute Gasteiger partial charge is 0.208 e. The van der Waals surface area contributed by atoms with Crippen molar-refractivity contribution < 1.29 is 4.79 Å². The van der Waals surface area contributed by atoms with Gasteiger partial charge in [0.15, 0.2) is 6.04 Å². The molecule has 18 heavy (non-hydrogen) atoms. The molecule has 0 spiro atoms. The Morgan fingerprint density at radius 2 is 2.33 bits per heavy atom. The van der Waals surface area contributed by atoms with Gasteiger partial charge in [0.05, 0.1) is 12.3 Å². The second-order valence-corrected chi connectivity index (χ2v) is 3.49. The summed E-state index contributed by atoms with van der Waals surface area (Å²) in [5.41, 5.74) is 0.973. The zero-order chi connectivity index (χ0) is 13.0. The number of rotatable bonds is 3. The Morgan fingerprint density at radius 1 is 1.50 bits per heavy atom. The third kappa shape index (κ3) is 1.85. The molecular formula is C13H8N4O. The summed E-state index contributed by atoms with van der Waals surface area (Å²) >= 11 is 0. The first-order chi connectivity index (χ1) is 8.81. The van der Waals surface area contributed by atoms with Crippen LogP contribution in [0.15, 0.2) is 24.4 Å². The van der Waals surface area contributed by atoms with Gasteiger partial charge in [-0.1, -0.05) is 18.1 Å². The van der Waals surface area contributed by atoms with E-state index in [1.54, 1.807) is 18.3 Å². The molecule has 0 radical (unpaired) electrons. The Hall–Kier alpha value is -2.92. The Morgan fingerprint density at radius 3 is 3.00 bits per heavy atom. The van der Waals surface area contributed by atoms with E-state index in [9.17, 15) is 4.79 Å². The number of amides is 1. The van der Waals surface area contributed by atoms with Crippen LogP contribution in [0, 0.1) is 23.7 Å². The second kappa shape index (κ2) is 4.94. The van der Waals surface area contributed by atoms with Crippen molar-refractivity contribution >= 4 is 17.2 Å². The van der Waals surface area contributed by atoms with E-state index in [0.29, 0.717) is 23.1 Å². The Balaban J connectivity index is 2.75. The van der Waals surface area contributed by atoms with Crippen molar-refractivity contribution in [3.63, 3.8) is 0 Å². The lowest BCUT2D eigenvalue weighted by Gasteiger charge is -2.10. The van der Waals surface area contributed by atoms with Crippen molar-refractivity contribution in [2.45, 2.75) is 6.04 Å². The Kier molecular flexibility index (Phi) is 3.17. The van der Waals surface area contributed by atoms with Gasteiger partial charge in [-0.25, -0.2) is 0 Å². The van der Waals surface area contributed by atoms with Gasteiger partial charge in [0, 0.05) is 16.3 Å². The standard InChI is InChI=1S/C13H8N4O/c1-2-9-4-3-5-10-7-16-17-13(12(9)10)11(6-14)15-8-18/h1,3-5,7-8,11H,(H,15,18). The lowest BCUT2D eigenvalue weighted by atomic mass is 10.0. The van der Waals surface area contributed by atoms with Crippen LogP contribution in [0.2, 0.25) is 0 Å². The van der Waals surface area contributed by atoms with Crippen LogP contribution in [0.5, 0.6) is 0 Å². The minimum atomic E-state index is -0.867. The van der Waals surface area contributed by atoms with E-state index in [0.717, 1.165) is 5.39 Å². The van der Waals surface area contributed by atoms with Crippen LogP contribution in [-0.4, -0.2) is 16.6 Å². The molecule has 5 nitrogen and oxygen atoms in total. The number of benzene rings is 1. The van der Waals surface area contributed by atoms with Crippen molar-refractivity contribution in [1.82, 2.24) is 15.5 Å². The quantitative estimate of drug-likeness (QED) is 0.635. The number of nitrogens with one attached hydrogen (secondary N) is 1. The summed E-state index contributed by atoms with van der Waals surface area (Å²) < 4.78 is 0. The zero-order valence-corrected chi connectivity index (χ0v) is 9.29. The van der Waals surface area contributed by atoms with Gasteiger partial charge in [0.1, 0.15) is 5.69 Å². The summed E-state index contributed by atoms with van der Waals surface area (Å²) in [5, 5.41) is 20.6. The van der Waals surface area contributed by atoms with Crippen LogP contribution in [0.3, 0.4) is 0 Å². The van der Waals surface area contributed by atoms with E-state index < -0.39 is 6.04 Å². The van der Waals surface area contributed by atoms with Gasteiger partial charge in [0.25, 0.3) is 0 Å². The number of hydrogen-bond acceptors (Lipinski definition) is 4. The van der Waals surface area contributed by atoms with Gasteiger partial charge in [-0.3, -0.25) is 4.79 Å². The van der Waals surface area contributed by atoms with Crippen LogP contribution in [-0.2, 0) is 4.79 Å². The molecule has 1 N–H and O–H groups in total. The van der Waals surface area contributed by atoms with Crippen molar-refractivity contribution in [3.8, 4) is 18.4 Å². The number of nitriles is 1. The predicted molar refractivity (Wildman–Crippen MR) is 65.0 cm³/mol. The third-order valence-electron chi connectivity index (χ3n) is 2.51. The highest BCUT2D eigenvalue weighted by Gasteiger charge is 2.17. The largest absolute Gasteiger partial charge is 0.338 e. The van der Waals surface area contributed by atoms with Crippen LogP contribution < -0.4 is 5.32 Å². The van der Waals surface area contributed by atoms with Gasteiger partial charge >= 0.3 is 0 Å². The lowest BCUT2D eigenvalue weighted by molar-refractivity contribution is -0.109. The van der Waals surface area contributed by atoms with Gasteiger partial charge in [-0.05, 0) is 6.07 Å². The lowest BCUT2D eigenvalue weighted by Crippen LogP contribution is -2.19. The number of carbonyl (C=O) groups is 1. The maximum atomic E-state index is 10.5. The van der Waals surface area contributed by atoms with Gasteiger partial charge in [-0.2, -0.15) is 15.5 Å². The zero-order valence-electron chi connectivity index (χ0n) is 9.29. The summed E-state index contributed by atoms with van der Waals surface area (Å²) in [5.74, 6) is 2.54. The van der Waals surface area contributed by atoms with E-state index in [1.165, 1.54) is 0 Å². The predicted octanol–water partition coefficient (Wildman–Crippen LogP) is 0.922. The highest BCUT2D eigenvalue weighted by Crippen LogP contribution is 2.24. The Labute approximate surface area is 103 Å². The second-order valence-electron chi connectivity index (χ2n) is 3.49. The fourth-order valence-electron chi connectivity index (χ4n) is 1.73. The monoisotopic (exact) mass is 236 g/mol. The molecule has 86 valence electrons. The highest BCUT2D eigenvalue weighted by atomic mass is 16.1. The molecule has 1 aromatic heterocycles. The maximum absolute atomic E-state index is 10.5. The molecule has 0 aliphatic rings. The molecule has 0 saturated carbocycles. The molecule has 0 bridgehead atoms. The van der Waals surface area contributed by atoms with Gasteiger partial charge in [0.2, 0.25) is 6.41 Å². The van der Waals surface area contributed by atoms with E-state index in [4.69, 9.17) is 11.7 Å². The third-order valence-corrected chi connectivity index (χ3v) is 2.51. The van der Waals surface area contributed by atoms with Gasteiger partial charge in [-0.15, -0.1) is 6.42 Å². The molecule has 0 fully saturated rings. The van der Waals surface area contributed by atoms with Crippen molar-refractivity contribution in [3.05, 3.63) is 35.7 Å². The fraction of sp³-hybridized carbons (Fsp3) is 0.0769. The van der Waals surface area contributed by atoms with Crippen molar-refractivity contribution in [1.29, 1.82) is 5.26 Å². The molecule has 1 atom stereocenters. The minimum Gasteiger partial charge on any atom is -0.338 e. The fourth-order valence-corrected chi connectivity index (χ4v) is 1.73. The Bertz CT molecular complexity index is 676. The summed E-state index contributed by atoms with van der Waals surface area (Å²) in [6.07, 6.45) is 7.45. The van der Waals surface area contributed by atoms with E-state index in [2.05, 4.69) is 21.4 Å². The normalized spacial score (nSPS) is 11.2. The summed E-state index contributed by atoms with van der Waals surface area (Å²) in [7, 11) is 0. The molecule has 0 aliphatic carbocycles. The van der Waals surface area contributed by atoms with Crippen LogP contribution in [0.4, 0.5) is 0 Å². The molecular weight excluding hydrogens is 228 g/mol. The average molecular weight is 236 g/mol. The first kappa shape index (κ1) is 11.6. The number of hydrogen-bond donors (Lipinski definition) is 1. The maximum Gasteiger partial charge on any atom is 0.208 e. The molecule has 1 heterocycles. The van der Waals surface area contributed by atoms with Crippen LogP contribution >= 0.6 is 0 Å². The molecule has 2 rings (SSSR count). The molecule has 1 unspecified atom stereocenters. The number of fused-ring (bicyclic) bond motifs is 1. The van der Waals surface area contributed by atoms with E-state index in [1.807, 2.05) is 12.1 Å². The molecule has 1 aromatic carbocycles. The summed E-state index contributed by atoms with van der Waals surface area (Å²) in [4.78, 5) is 10.5. The first-order valence-corrected chi connectivity index (χ1v) is 5.12. The molecule has 2 aromatic rings. The van der Waals surface area contributed by atoms with Gasteiger partial charge < -0.3 is 5.32 Å². The molecule has 5 heteroatoms. The van der Waals surface area contributed by atoms with Crippen LogP contribution in [0.25, 0.3) is 10.8 Å². The van der Waals surface area contributed by atoms with Crippen molar-refractivity contribution in [2.24, 2.45) is 0 Å². The SMILES string of the molecule is C#Cc1cccc2cnnc(C(C#N)NC=O)c12. The molecule has 0 aliphatic heterocycles. The first-order valence-electron chi connectivity index (χ1n) is 5.12. The topological polar surface area (TPSA) is 78.7 Å². The number of aromatic nitrogens is 2. The number of terminal acetylenes is 1. The van der Waals surface area contributed by atoms with Crippen LogP contribution in [0.1, 0.15) is 17.3 Å².